The van der Waals surface area contributed by atoms with Crippen LogP contribution in [-0.2, 0) is 0 Å². The van der Waals surface area contributed by atoms with Crippen LogP contribution < -0.4 is 0 Å². The first-order valence-corrected chi connectivity index (χ1v) is 7.69. The minimum Gasteiger partial charge on any atom is -0.300 e. The van der Waals surface area contributed by atoms with E-state index < -0.39 is 0 Å². The largest absolute Gasteiger partial charge is 0.300 e. The first-order valence-electron chi connectivity index (χ1n) is 7.06. The van der Waals surface area contributed by atoms with Gasteiger partial charge in [0.1, 0.15) is 0 Å². The fourth-order valence-corrected chi connectivity index (χ4v) is 2.92. The second kappa shape index (κ2) is 6.90. The molecule has 0 atom stereocenters. The lowest BCUT2D eigenvalue weighted by molar-refractivity contribution is 0.149. The highest BCUT2D eigenvalue weighted by Gasteiger charge is 2.34. The SMILES string of the molecule is CCCCN(CC(CC)(CC)CS)C1CC1. The standard InChI is InChI=1S/C14H29NS/c1-4-7-10-15(13-8-9-13)11-14(5-2,6-3)12-16/h13,16H,4-12H2,1-3H3. The van der Waals surface area contributed by atoms with Crippen molar-refractivity contribution in [2.45, 2.75) is 65.3 Å². The minimum atomic E-state index is 0.458. The van der Waals surface area contributed by atoms with Gasteiger partial charge in [-0.1, -0.05) is 27.2 Å². The Kier molecular flexibility index (Phi) is 6.20. The molecule has 0 aromatic heterocycles. The van der Waals surface area contributed by atoms with E-state index >= 15 is 0 Å². The molecule has 0 N–H and O–H groups in total. The van der Waals surface area contributed by atoms with Gasteiger partial charge >= 0.3 is 0 Å². The maximum Gasteiger partial charge on any atom is 0.00966 e. The summed E-state index contributed by atoms with van der Waals surface area (Å²) in [6.07, 6.45) is 8.06. The molecular formula is C14H29NS. The molecule has 1 rings (SSSR count). The zero-order valence-corrected chi connectivity index (χ0v) is 12.2. The first kappa shape index (κ1) is 14.4. The molecule has 0 aliphatic heterocycles. The zero-order chi connectivity index (χ0) is 12.0. The van der Waals surface area contributed by atoms with Crippen LogP contribution in [0.25, 0.3) is 0 Å². The Bertz CT molecular complexity index is 177. The molecule has 0 bridgehead atoms. The molecule has 1 saturated carbocycles. The van der Waals surface area contributed by atoms with E-state index in [1.54, 1.807) is 0 Å². The van der Waals surface area contributed by atoms with E-state index in [9.17, 15) is 0 Å². The Balaban J connectivity index is 2.50. The summed E-state index contributed by atoms with van der Waals surface area (Å²) < 4.78 is 0. The van der Waals surface area contributed by atoms with E-state index in [0.29, 0.717) is 5.41 Å². The lowest BCUT2D eigenvalue weighted by atomic mass is 9.83. The van der Waals surface area contributed by atoms with Crippen molar-refractivity contribution in [3.8, 4) is 0 Å². The smallest absolute Gasteiger partial charge is 0.00966 e. The van der Waals surface area contributed by atoms with E-state index in [2.05, 4.69) is 38.3 Å². The van der Waals surface area contributed by atoms with Crippen molar-refractivity contribution in [1.29, 1.82) is 0 Å². The summed E-state index contributed by atoms with van der Waals surface area (Å²) in [4.78, 5) is 2.74. The van der Waals surface area contributed by atoms with Gasteiger partial charge in [-0.25, -0.2) is 0 Å². The van der Waals surface area contributed by atoms with E-state index in [-0.39, 0.29) is 0 Å². The van der Waals surface area contributed by atoms with Gasteiger partial charge in [-0.3, -0.25) is 4.90 Å². The van der Waals surface area contributed by atoms with Crippen LogP contribution in [0.2, 0.25) is 0 Å². The van der Waals surface area contributed by atoms with E-state index in [1.807, 2.05) is 0 Å². The van der Waals surface area contributed by atoms with Crippen LogP contribution in [0.5, 0.6) is 0 Å². The molecule has 0 spiro atoms. The third-order valence-corrected chi connectivity index (χ3v) is 4.91. The average Bonchev–Trinajstić information content (AvgIpc) is 3.15. The molecule has 0 aromatic rings. The Morgan fingerprint density at radius 1 is 1.19 bits per heavy atom. The molecule has 2 heteroatoms. The summed E-state index contributed by atoms with van der Waals surface area (Å²) in [6, 6.07) is 0.906. The average molecular weight is 243 g/mol. The van der Waals surface area contributed by atoms with Gasteiger partial charge in [-0.2, -0.15) is 12.6 Å². The molecule has 96 valence electrons. The fraction of sp³-hybridized carbons (Fsp3) is 1.00. The fourth-order valence-electron chi connectivity index (χ4n) is 2.37. The monoisotopic (exact) mass is 243 g/mol. The highest BCUT2D eigenvalue weighted by Crippen LogP contribution is 2.34. The van der Waals surface area contributed by atoms with E-state index in [0.717, 1.165) is 11.8 Å². The highest BCUT2D eigenvalue weighted by molar-refractivity contribution is 7.80. The van der Waals surface area contributed by atoms with E-state index in [4.69, 9.17) is 0 Å². The number of nitrogens with zero attached hydrogens (tertiary/aromatic N) is 1. The molecule has 1 fully saturated rings. The Labute approximate surface area is 107 Å². The Morgan fingerprint density at radius 2 is 1.81 bits per heavy atom. The first-order chi connectivity index (χ1) is 7.71. The van der Waals surface area contributed by atoms with E-state index in [1.165, 1.54) is 51.6 Å². The Hall–Kier alpha value is 0.310. The molecule has 0 amide bonds. The third-order valence-electron chi connectivity index (χ3n) is 4.24. The second-order valence-electron chi connectivity index (χ2n) is 5.42. The van der Waals surface area contributed by atoms with Crippen LogP contribution in [-0.4, -0.2) is 29.8 Å². The van der Waals surface area contributed by atoms with Crippen molar-refractivity contribution >= 4 is 12.6 Å². The minimum absolute atomic E-state index is 0.458. The van der Waals surface area contributed by atoms with Crippen molar-refractivity contribution in [3.05, 3.63) is 0 Å². The van der Waals surface area contributed by atoms with Gasteiger partial charge in [0.2, 0.25) is 0 Å². The number of hydrogen-bond acceptors (Lipinski definition) is 2. The van der Waals surface area contributed by atoms with Crippen molar-refractivity contribution in [1.82, 2.24) is 4.90 Å². The predicted octanol–water partition coefficient (Wildman–Crippen LogP) is 3.99. The maximum absolute atomic E-state index is 4.59. The third kappa shape index (κ3) is 3.96. The normalized spacial score (nSPS) is 17.1. The topological polar surface area (TPSA) is 3.24 Å². The molecule has 1 aliphatic rings. The lowest BCUT2D eigenvalue weighted by Gasteiger charge is -2.36. The lowest BCUT2D eigenvalue weighted by Crippen LogP contribution is -2.40. The number of hydrogen-bond donors (Lipinski definition) is 1. The quantitative estimate of drug-likeness (QED) is 0.599. The molecule has 0 aromatic carbocycles. The maximum atomic E-state index is 4.59. The van der Waals surface area contributed by atoms with Crippen LogP contribution in [0, 0.1) is 5.41 Å². The summed E-state index contributed by atoms with van der Waals surface area (Å²) in [5.41, 5.74) is 0.458. The van der Waals surface area contributed by atoms with Crippen LogP contribution >= 0.6 is 12.6 Å². The molecule has 1 nitrogen and oxygen atoms in total. The number of thiol groups is 1. The molecule has 0 saturated heterocycles. The van der Waals surface area contributed by atoms with Crippen molar-refractivity contribution in [3.63, 3.8) is 0 Å². The summed E-state index contributed by atoms with van der Waals surface area (Å²) in [5, 5.41) is 0. The van der Waals surface area contributed by atoms with Crippen LogP contribution in [0.4, 0.5) is 0 Å². The molecular weight excluding hydrogens is 214 g/mol. The molecule has 16 heavy (non-hydrogen) atoms. The molecule has 1 aliphatic carbocycles. The van der Waals surface area contributed by atoms with Gasteiger partial charge < -0.3 is 0 Å². The summed E-state index contributed by atoms with van der Waals surface area (Å²) in [7, 11) is 0. The summed E-state index contributed by atoms with van der Waals surface area (Å²) in [5.74, 6) is 1.04. The van der Waals surface area contributed by atoms with Crippen molar-refractivity contribution < 1.29 is 0 Å². The van der Waals surface area contributed by atoms with Crippen LogP contribution in [0.15, 0.2) is 0 Å². The zero-order valence-electron chi connectivity index (χ0n) is 11.3. The second-order valence-corrected chi connectivity index (χ2v) is 5.74. The van der Waals surface area contributed by atoms with Crippen LogP contribution in [0.1, 0.15) is 59.3 Å². The molecule has 0 heterocycles. The van der Waals surface area contributed by atoms with Gasteiger partial charge in [0.15, 0.2) is 0 Å². The molecule has 0 radical (unpaired) electrons. The highest BCUT2D eigenvalue weighted by atomic mass is 32.1. The number of rotatable bonds is 9. The van der Waals surface area contributed by atoms with Gasteiger partial charge in [0.25, 0.3) is 0 Å². The summed E-state index contributed by atoms with van der Waals surface area (Å²) >= 11 is 4.59. The summed E-state index contributed by atoms with van der Waals surface area (Å²) in [6.45, 7) is 9.51. The Morgan fingerprint density at radius 3 is 2.19 bits per heavy atom. The van der Waals surface area contributed by atoms with Gasteiger partial charge in [-0.05, 0) is 49.8 Å². The van der Waals surface area contributed by atoms with Crippen molar-refractivity contribution in [2.75, 3.05) is 18.8 Å². The number of unbranched alkanes of at least 4 members (excludes halogenated alkanes) is 1. The van der Waals surface area contributed by atoms with Crippen molar-refractivity contribution in [2.24, 2.45) is 5.41 Å². The van der Waals surface area contributed by atoms with Gasteiger partial charge in [-0.15, -0.1) is 0 Å². The predicted molar refractivity (Wildman–Crippen MR) is 76.4 cm³/mol. The van der Waals surface area contributed by atoms with Gasteiger partial charge in [0.05, 0.1) is 0 Å². The molecule has 0 unspecified atom stereocenters. The van der Waals surface area contributed by atoms with Crippen LogP contribution in [0.3, 0.4) is 0 Å². The van der Waals surface area contributed by atoms with Gasteiger partial charge in [0, 0.05) is 12.6 Å².